The number of hydrogen-bond acceptors (Lipinski definition) is 3. The Morgan fingerprint density at radius 2 is 1.33 bits per heavy atom. The zero-order valence-corrected chi connectivity index (χ0v) is 31.1. The van der Waals surface area contributed by atoms with Crippen molar-refractivity contribution in [2.24, 2.45) is 28.6 Å². The van der Waals surface area contributed by atoms with Gasteiger partial charge in [0.2, 0.25) is 0 Å². The summed E-state index contributed by atoms with van der Waals surface area (Å²) >= 11 is 0. The maximum absolute atomic E-state index is 12.3. The molecular formula is C42H78O3. The molecule has 0 heterocycles. The normalized spacial score (nSPS) is 25.5. The van der Waals surface area contributed by atoms with Crippen molar-refractivity contribution in [3.63, 3.8) is 0 Å². The number of hydrogen-bond donors (Lipinski definition) is 1. The van der Waals surface area contributed by atoms with E-state index >= 15 is 0 Å². The topological polar surface area (TPSA) is 46.5 Å². The van der Waals surface area contributed by atoms with Gasteiger partial charge in [-0.05, 0) is 86.9 Å². The Morgan fingerprint density at radius 3 is 1.84 bits per heavy atom. The molecule has 0 saturated heterocycles. The molecule has 0 aromatic rings. The molecular weight excluding hydrogens is 552 g/mol. The Bertz CT molecular complexity index is 789. The minimum Gasteiger partial charge on any atom is -0.466 e. The highest BCUT2D eigenvalue weighted by Gasteiger charge is 2.52. The summed E-state index contributed by atoms with van der Waals surface area (Å²) in [5.74, 6) is 1.63. The van der Waals surface area contributed by atoms with Crippen molar-refractivity contribution in [3.05, 3.63) is 11.6 Å². The summed E-state index contributed by atoms with van der Waals surface area (Å²) in [5, 5.41) is 10.1. The van der Waals surface area contributed by atoms with Crippen LogP contribution < -0.4 is 0 Å². The molecule has 3 nitrogen and oxygen atoms in total. The molecule has 2 aliphatic rings. The second kappa shape index (κ2) is 23.5. The summed E-state index contributed by atoms with van der Waals surface area (Å²) in [7, 11) is 0. The number of rotatable bonds is 27. The van der Waals surface area contributed by atoms with Crippen molar-refractivity contribution < 1.29 is 14.6 Å². The Kier molecular flexibility index (Phi) is 21.1. The van der Waals surface area contributed by atoms with Crippen LogP contribution in [0.15, 0.2) is 11.6 Å². The van der Waals surface area contributed by atoms with Crippen LogP contribution in [-0.4, -0.2) is 24.3 Å². The Hall–Kier alpha value is -0.830. The highest BCUT2D eigenvalue weighted by molar-refractivity contribution is 5.69. The molecule has 0 bridgehead atoms. The van der Waals surface area contributed by atoms with E-state index < -0.39 is 0 Å². The van der Waals surface area contributed by atoms with E-state index in [1.165, 1.54) is 141 Å². The van der Waals surface area contributed by atoms with Crippen molar-refractivity contribution in [1.29, 1.82) is 0 Å². The molecule has 3 heteroatoms. The smallest absolute Gasteiger partial charge is 0.305 e. The van der Waals surface area contributed by atoms with Gasteiger partial charge < -0.3 is 9.84 Å². The van der Waals surface area contributed by atoms with Crippen molar-refractivity contribution in [2.75, 3.05) is 13.2 Å². The summed E-state index contributed by atoms with van der Waals surface area (Å²) < 4.78 is 5.61. The number of ether oxygens (including phenoxy) is 1. The van der Waals surface area contributed by atoms with Crippen LogP contribution in [-0.2, 0) is 9.53 Å². The minimum absolute atomic E-state index is 0.0493. The Morgan fingerprint density at radius 1 is 0.822 bits per heavy atom. The van der Waals surface area contributed by atoms with Crippen molar-refractivity contribution in [2.45, 2.75) is 208 Å². The minimum atomic E-state index is -0.0493. The van der Waals surface area contributed by atoms with Crippen molar-refractivity contribution >= 4 is 5.97 Å². The van der Waals surface area contributed by atoms with Crippen LogP contribution in [0.1, 0.15) is 208 Å². The lowest BCUT2D eigenvalue weighted by molar-refractivity contribution is -0.144. The Balaban J connectivity index is 1.43. The number of esters is 1. The maximum atomic E-state index is 12.3. The third kappa shape index (κ3) is 14.9. The molecule has 1 saturated carbocycles. The first-order chi connectivity index (χ1) is 21.8. The molecule has 5 unspecified atom stereocenters. The number of aliphatic hydroxyl groups excluding tert-OH is 1. The van der Waals surface area contributed by atoms with E-state index in [1.54, 1.807) is 5.57 Å². The quantitative estimate of drug-likeness (QED) is 0.0558. The molecule has 264 valence electrons. The molecule has 45 heavy (non-hydrogen) atoms. The number of allylic oxidation sites excluding steroid dienone is 2. The average molecular weight is 631 g/mol. The molecule has 1 N–H and O–H groups in total. The largest absolute Gasteiger partial charge is 0.466 e. The van der Waals surface area contributed by atoms with Gasteiger partial charge in [-0.25, -0.2) is 0 Å². The highest BCUT2D eigenvalue weighted by atomic mass is 16.5. The second-order valence-corrected chi connectivity index (χ2v) is 16.1. The molecule has 2 rings (SSSR count). The van der Waals surface area contributed by atoms with Crippen LogP contribution in [0.5, 0.6) is 0 Å². The summed E-state index contributed by atoms with van der Waals surface area (Å²) in [4.78, 5) is 12.3. The molecule has 0 amide bonds. The number of carbonyl (C=O) groups excluding carboxylic acids is 1. The number of carbonyl (C=O) groups is 1. The molecule has 1 fully saturated rings. The first-order valence-electron chi connectivity index (χ1n) is 20.2. The van der Waals surface area contributed by atoms with E-state index in [-0.39, 0.29) is 18.5 Å². The third-order valence-electron chi connectivity index (χ3n) is 12.7. The van der Waals surface area contributed by atoms with Crippen LogP contribution >= 0.6 is 0 Å². The second-order valence-electron chi connectivity index (χ2n) is 16.1. The van der Waals surface area contributed by atoms with Crippen molar-refractivity contribution in [3.8, 4) is 0 Å². The predicted octanol–water partition coefficient (Wildman–Crippen LogP) is 12.9. The lowest BCUT2D eigenvalue weighted by Gasteiger charge is -2.58. The summed E-state index contributed by atoms with van der Waals surface area (Å²) in [6.45, 7) is 12.8. The van der Waals surface area contributed by atoms with Gasteiger partial charge in [0.1, 0.15) is 0 Å². The zero-order chi connectivity index (χ0) is 32.8. The maximum Gasteiger partial charge on any atom is 0.305 e. The lowest BCUT2D eigenvalue weighted by Crippen LogP contribution is -2.49. The first kappa shape index (κ1) is 40.3. The number of aliphatic hydroxyl groups is 1. The van der Waals surface area contributed by atoms with E-state index in [4.69, 9.17) is 4.74 Å². The van der Waals surface area contributed by atoms with Gasteiger partial charge in [0.05, 0.1) is 6.61 Å². The van der Waals surface area contributed by atoms with Gasteiger partial charge in [-0.15, -0.1) is 0 Å². The standard InChI is InChI=1S/C42H78O3/c1-6-7-8-9-10-11-12-13-14-15-16-17-18-19-20-21-22-23-24-28-40(44)45-34-31-38(35-43)30-33-42(5)37(3)29-32-41(4)36(2)26-25-27-39(41)42/h26,37-39,43H,6-25,27-35H2,1-5H3. The third-order valence-corrected chi connectivity index (χ3v) is 12.7. The SMILES string of the molecule is CCCCCCCCCCCCCCCCCCCCCC(=O)OCCC(CO)CCC1(C)C(C)CCC2(C)C(C)=CCCC21. The molecule has 0 radical (unpaired) electrons. The van der Waals surface area contributed by atoms with E-state index in [1.807, 2.05) is 0 Å². The zero-order valence-electron chi connectivity index (χ0n) is 31.1. The van der Waals surface area contributed by atoms with E-state index in [2.05, 4.69) is 40.7 Å². The van der Waals surface area contributed by atoms with Crippen LogP contribution in [0, 0.1) is 28.6 Å². The average Bonchev–Trinajstić information content (AvgIpc) is 3.03. The monoisotopic (exact) mass is 631 g/mol. The summed E-state index contributed by atoms with van der Waals surface area (Å²) in [6, 6.07) is 0. The highest BCUT2D eigenvalue weighted by Crippen LogP contribution is 2.62. The van der Waals surface area contributed by atoms with Crippen molar-refractivity contribution in [1.82, 2.24) is 0 Å². The van der Waals surface area contributed by atoms with Crippen LogP contribution in [0.4, 0.5) is 0 Å². The summed E-state index contributed by atoms with van der Waals surface area (Å²) in [5.41, 5.74) is 2.27. The first-order valence-corrected chi connectivity index (χ1v) is 20.2. The van der Waals surface area contributed by atoms with Gasteiger partial charge in [-0.2, -0.15) is 0 Å². The fraction of sp³-hybridized carbons (Fsp3) is 0.929. The fourth-order valence-corrected chi connectivity index (χ4v) is 8.93. The Labute approximate surface area is 281 Å². The number of fused-ring (bicyclic) bond motifs is 1. The van der Waals surface area contributed by atoms with Gasteiger partial charge in [0, 0.05) is 13.0 Å². The predicted molar refractivity (Wildman–Crippen MR) is 194 cm³/mol. The van der Waals surface area contributed by atoms with Crippen LogP contribution in [0.2, 0.25) is 0 Å². The fourth-order valence-electron chi connectivity index (χ4n) is 8.93. The number of unbranched alkanes of at least 4 members (excludes halogenated alkanes) is 18. The molecule has 0 aromatic heterocycles. The van der Waals surface area contributed by atoms with Gasteiger partial charge >= 0.3 is 5.97 Å². The van der Waals surface area contributed by atoms with E-state index in [0.29, 0.717) is 23.9 Å². The van der Waals surface area contributed by atoms with Gasteiger partial charge in [-0.3, -0.25) is 4.79 Å². The van der Waals surface area contributed by atoms with E-state index in [9.17, 15) is 9.90 Å². The van der Waals surface area contributed by atoms with Crippen LogP contribution in [0.25, 0.3) is 0 Å². The molecule has 2 aliphatic carbocycles. The molecule has 0 aromatic carbocycles. The molecule has 0 aliphatic heterocycles. The molecule has 0 spiro atoms. The van der Waals surface area contributed by atoms with E-state index in [0.717, 1.165) is 37.5 Å². The molecule has 5 atom stereocenters. The van der Waals surface area contributed by atoms with Gasteiger partial charge in [0.15, 0.2) is 0 Å². The lowest BCUT2D eigenvalue weighted by atomic mass is 9.47. The summed E-state index contributed by atoms with van der Waals surface area (Å²) in [6.07, 6.45) is 37.1. The van der Waals surface area contributed by atoms with Gasteiger partial charge in [-0.1, -0.05) is 155 Å². The van der Waals surface area contributed by atoms with Crippen LogP contribution in [0.3, 0.4) is 0 Å². The van der Waals surface area contributed by atoms with Gasteiger partial charge in [0.25, 0.3) is 0 Å².